The Balaban J connectivity index is 1.65. The number of hydrogen-bond donors (Lipinski definition) is 1. The highest BCUT2D eigenvalue weighted by atomic mass is 35.5. The summed E-state index contributed by atoms with van der Waals surface area (Å²) in [5.41, 5.74) is 0. The van der Waals surface area contributed by atoms with Crippen LogP contribution in [0.2, 0.25) is 5.02 Å². The van der Waals surface area contributed by atoms with Crippen molar-refractivity contribution in [3.8, 4) is 5.75 Å². The van der Waals surface area contributed by atoms with Gasteiger partial charge in [0, 0.05) is 12.5 Å². The summed E-state index contributed by atoms with van der Waals surface area (Å²) < 4.78 is 28.1. The number of hydrogen-bond acceptors (Lipinski definition) is 4. The van der Waals surface area contributed by atoms with Gasteiger partial charge in [0.05, 0.1) is 23.1 Å². The van der Waals surface area contributed by atoms with Gasteiger partial charge in [-0.2, -0.15) is 0 Å². The van der Waals surface area contributed by atoms with E-state index in [1.807, 2.05) is 12.1 Å². The summed E-state index contributed by atoms with van der Waals surface area (Å²) in [6.07, 6.45) is 1.36. The first-order chi connectivity index (χ1) is 9.96. The SMILES string of the molecule is O=C(CCCOc1ccccc1Cl)NC1CCS(=O)(=O)C1. The normalized spacial score (nSPS) is 20.1. The molecule has 1 amide bonds. The molecule has 1 atom stereocenters. The number of sulfone groups is 1. The van der Waals surface area contributed by atoms with Gasteiger partial charge < -0.3 is 10.1 Å². The van der Waals surface area contributed by atoms with E-state index in [2.05, 4.69) is 5.32 Å². The van der Waals surface area contributed by atoms with E-state index in [9.17, 15) is 13.2 Å². The molecule has 0 spiro atoms. The molecule has 0 aromatic heterocycles. The highest BCUT2D eigenvalue weighted by Crippen LogP contribution is 2.23. The van der Waals surface area contributed by atoms with Crippen molar-refractivity contribution >= 4 is 27.3 Å². The lowest BCUT2D eigenvalue weighted by atomic mass is 10.2. The molecule has 1 fully saturated rings. The Hall–Kier alpha value is -1.27. The van der Waals surface area contributed by atoms with Gasteiger partial charge in [-0.1, -0.05) is 23.7 Å². The van der Waals surface area contributed by atoms with Gasteiger partial charge in [-0.25, -0.2) is 8.42 Å². The van der Waals surface area contributed by atoms with Crippen molar-refractivity contribution < 1.29 is 17.9 Å². The van der Waals surface area contributed by atoms with E-state index in [0.717, 1.165) is 0 Å². The van der Waals surface area contributed by atoms with Crippen molar-refractivity contribution in [1.82, 2.24) is 5.32 Å². The maximum absolute atomic E-state index is 11.7. The fourth-order valence-corrected chi connectivity index (χ4v) is 4.05. The first kappa shape index (κ1) is 16.1. The lowest BCUT2D eigenvalue weighted by molar-refractivity contribution is -0.121. The van der Waals surface area contributed by atoms with Gasteiger partial charge in [0.15, 0.2) is 9.84 Å². The number of rotatable bonds is 6. The quantitative estimate of drug-likeness (QED) is 0.807. The third kappa shape index (κ3) is 5.21. The van der Waals surface area contributed by atoms with Gasteiger partial charge in [-0.15, -0.1) is 0 Å². The van der Waals surface area contributed by atoms with Gasteiger partial charge in [0.1, 0.15) is 5.75 Å². The topological polar surface area (TPSA) is 72.5 Å². The van der Waals surface area contributed by atoms with Gasteiger partial charge in [0.2, 0.25) is 5.91 Å². The Morgan fingerprint density at radius 2 is 2.14 bits per heavy atom. The second-order valence-electron chi connectivity index (χ2n) is 5.05. The summed E-state index contributed by atoms with van der Waals surface area (Å²) in [6, 6.07) is 6.91. The number of halogens is 1. The van der Waals surface area contributed by atoms with Gasteiger partial charge in [-0.05, 0) is 25.0 Å². The van der Waals surface area contributed by atoms with Crippen LogP contribution in [0.4, 0.5) is 0 Å². The summed E-state index contributed by atoms with van der Waals surface area (Å²) in [7, 11) is -2.96. The molecular weight excluding hydrogens is 314 g/mol. The third-order valence-corrected chi connectivity index (χ3v) is 5.32. The number of carbonyl (C=O) groups is 1. The molecule has 0 aliphatic carbocycles. The average molecular weight is 332 g/mol. The Labute approximate surface area is 129 Å². The first-order valence-electron chi connectivity index (χ1n) is 6.83. The van der Waals surface area contributed by atoms with E-state index in [1.165, 1.54) is 0 Å². The van der Waals surface area contributed by atoms with Crippen molar-refractivity contribution in [2.45, 2.75) is 25.3 Å². The molecule has 2 rings (SSSR count). The van der Waals surface area contributed by atoms with Crippen LogP contribution in [0, 0.1) is 0 Å². The van der Waals surface area contributed by atoms with Crippen LogP contribution in [0.5, 0.6) is 5.75 Å². The van der Waals surface area contributed by atoms with E-state index < -0.39 is 9.84 Å². The molecule has 1 heterocycles. The standard InChI is InChI=1S/C14H18ClNO4S/c15-12-4-1-2-5-13(12)20-8-3-6-14(17)16-11-7-9-21(18,19)10-11/h1-2,4-5,11H,3,6-10H2,(H,16,17). The maximum atomic E-state index is 11.7. The highest BCUT2D eigenvalue weighted by Gasteiger charge is 2.28. The molecule has 0 saturated carbocycles. The smallest absolute Gasteiger partial charge is 0.220 e. The minimum atomic E-state index is -2.96. The number of carbonyl (C=O) groups excluding carboxylic acids is 1. The van der Waals surface area contributed by atoms with E-state index in [0.29, 0.717) is 36.6 Å². The molecule has 0 radical (unpaired) electrons. The summed E-state index contributed by atoms with van der Waals surface area (Å²) in [5.74, 6) is 0.670. The summed E-state index contributed by atoms with van der Waals surface area (Å²) >= 11 is 5.94. The molecular formula is C14H18ClNO4S. The molecule has 1 aliphatic rings. The monoisotopic (exact) mass is 331 g/mol. The third-order valence-electron chi connectivity index (χ3n) is 3.24. The summed E-state index contributed by atoms with van der Waals surface area (Å²) in [4.78, 5) is 11.7. The largest absolute Gasteiger partial charge is 0.492 e. The Bertz CT molecular complexity index is 603. The van der Waals surface area contributed by atoms with Crippen molar-refractivity contribution in [2.75, 3.05) is 18.1 Å². The van der Waals surface area contributed by atoms with Crippen molar-refractivity contribution in [3.63, 3.8) is 0 Å². The zero-order valence-electron chi connectivity index (χ0n) is 11.5. The Morgan fingerprint density at radius 3 is 2.81 bits per heavy atom. The van der Waals surface area contributed by atoms with Crippen LogP contribution in [-0.4, -0.2) is 38.5 Å². The van der Waals surface area contributed by atoms with Crippen LogP contribution in [0.3, 0.4) is 0 Å². The van der Waals surface area contributed by atoms with Crippen LogP contribution in [0.15, 0.2) is 24.3 Å². The predicted octanol–water partition coefficient (Wildman–Crippen LogP) is 1.80. The molecule has 5 nitrogen and oxygen atoms in total. The lowest BCUT2D eigenvalue weighted by Gasteiger charge is -2.11. The molecule has 1 unspecified atom stereocenters. The molecule has 1 N–H and O–H groups in total. The molecule has 21 heavy (non-hydrogen) atoms. The maximum Gasteiger partial charge on any atom is 0.220 e. The minimum absolute atomic E-state index is 0.0505. The minimum Gasteiger partial charge on any atom is -0.492 e. The van der Waals surface area contributed by atoms with E-state index in [1.54, 1.807) is 12.1 Å². The van der Waals surface area contributed by atoms with Crippen LogP contribution < -0.4 is 10.1 Å². The Morgan fingerprint density at radius 1 is 1.38 bits per heavy atom. The molecule has 7 heteroatoms. The average Bonchev–Trinajstić information content (AvgIpc) is 2.76. The Kier molecular flexibility index (Phi) is 5.47. The fraction of sp³-hybridized carbons (Fsp3) is 0.500. The first-order valence-corrected chi connectivity index (χ1v) is 9.03. The fourth-order valence-electron chi connectivity index (χ4n) is 2.19. The van der Waals surface area contributed by atoms with Crippen LogP contribution in [0.1, 0.15) is 19.3 Å². The number of ether oxygens (including phenoxy) is 1. The van der Waals surface area contributed by atoms with Crippen molar-refractivity contribution in [1.29, 1.82) is 0 Å². The molecule has 1 aromatic carbocycles. The van der Waals surface area contributed by atoms with Crippen molar-refractivity contribution in [3.05, 3.63) is 29.3 Å². The van der Waals surface area contributed by atoms with Crippen molar-refractivity contribution in [2.24, 2.45) is 0 Å². The molecule has 1 aliphatic heterocycles. The summed E-state index contributed by atoms with van der Waals surface area (Å²) in [6.45, 7) is 0.389. The number of amides is 1. The highest BCUT2D eigenvalue weighted by molar-refractivity contribution is 7.91. The second-order valence-corrected chi connectivity index (χ2v) is 7.69. The number of benzene rings is 1. The van der Waals surface area contributed by atoms with Crippen LogP contribution >= 0.6 is 11.6 Å². The zero-order chi connectivity index (χ0) is 15.3. The second kappa shape index (κ2) is 7.13. The zero-order valence-corrected chi connectivity index (χ0v) is 13.1. The van der Waals surface area contributed by atoms with Crippen LogP contribution in [0.25, 0.3) is 0 Å². The van der Waals surface area contributed by atoms with Gasteiger partial charge in [-0.3, -0.25) is 4.79 Å². The van der Waals surface area contributed by atoms with E-state index >= 15 is 0 Å². The molecule has 1 aromatic rings. The number of para-hydroxylation sites is 1. The molecule has 0 bridgehead atoms. The summed E-state index contributed by atoms with van der Waals surface area (Å²) in [5, 5.41) is 3.28. The van der Waals surface area contributed by atoms with Crippen LogP contribution in [-0.2, 0) is 14.6 Å². The van der Waals surface area contributed by atoms with E-state index in [4.69, 9.17) is 16.3 Å². The van der Waals surface area contributed by atoms with E-state index in [-0.39, 0.29) is 23.5 Å². The molecule has 116 valence electrons. The predicted molar refractivity (Wildman–Crippen MR) is 81.4 cm³/mol. The number of nitrogens with one attached hydrogen (secondary N) is 1. The van der Waals surface area contributed by atoms with Gasteiger partial charge in [0.25, 0.3) is 0 Å². The van der Waals surface area contributed by atoms with Gasteiger partial charge >= 0.3 is 0 Å². The molecule has 1 saturated heterocycles. The lowest BCUT2D eigenvalue weighted by Crippen LogP contribution is -2.35.